The smallest absolute Gasteiger partial charge is 0.0922 e. The zero-order valence-electron chi connectivity index (χ0n) is 8.37. The lowest BCUT2D eigenvalue weighted by molar-refractivity contribution is 0.337. The van der Waals surface area contributed by atoms with Crippen molar-refractivity contribution in [2.75, 3.05) is 0 Å². The molecule has 0 saturated heterocycles. The van der Waals surface area contributed by atoms with Crippen molar-refractivity contribution >= 4 is 0 Å². The molecular formula is C10H18N4. The summed E-state index contributed by atoms with van der Waals surface area (Å²) in [6, 6.07) is 0.977. The molecule has 0 radical (unpaired) electrons. The van der Waals surface area contributed by atoms with E-state index in [1.54, 1.807) is 6.33 Å². The minimum absolute atomic E-state index is 0.392. The van der Waals surface area contributed by atoms with Gasteiger partial charge in [-0.05, 0) is 19.3 Å². The average molecular weight is 194 g/mol. The van der Waals surface area contributed by atoms with Crippen molar-refractivity contribution in [2.24, 2.45) is 5.73 Å². The SMILES string of the molecule is NC1CCCC(NCc2cnc[nH]2)C1. The fourth-order valence-electron chi connectivity index (χ4n) is 2.05. The second-order valence-corrected chi connectivity index (χ2v) is 4.08. The molecule has 1 aliphatic carbocycles. The maximum absolute atomic E-state index is 5.91. The van der Waals surface area contributed by atoms with Crippen LogP contribution >= 0.6 is 0 Å². The van der Waals surface area contributed by atoms with E-state index >= 15 is 0 Å². The molecule has 1 aromatic rings. The molecule has 0 spiro atoms. The van der Waals surface area contributed by atoms with E-state index in [2.05, 4.69) is 15.3 Å². The van der Waals surface area contributed by atoms with Gasteiger partial charge in [-0.2, -0.15) is 0 Å². The molecule has 2 atom stereocenters. The average Bonchev–Trinajstić information content (AvgIpc) is 2.67. The Balaban J connectivity index is 1.75. The lowest BCUT2D eigenvalue weighted by Crippen LogP contribution is -2.39. The predicted octanol–water partition coefficient (Wildman–Crippen LogP) is 0.769. The van der Waals surface area contributed by atoms with Crippen molar-refractivity contribution in [1.82, 2.24) is 15.3 Å². The van der Waals surface area contributed by atoms with Crippen LogP contribution in [-0.2, 0) is 6.54 Å². The Morgan fingerprint density at radius 2 is 2.50 bits per heavy atom. The largest absolute Gasteiger partial charge is 0.347 e. The van der Waals surface area contributed by atoms with Gasteiger partial charge in [0.1, 0.15) is 0 Å². The lowest BCUT2D eigenvalue weighted by atomic mass is 9.91. The number of hydrogen-bond donors (Lipinski definition) is 3. The third-order valence-electron chi connectivity index (χ3n) is 2.85. The number of nitrogens with zero attached hydrogens (tertiary/aromatic N) is 1. The van der Waals surface area contributed by atoms with Crippen LogP contribution in [0, 0.1) is 0 Å². The molecule has 14 heavy (non-hydrogen) atoms. The Labute approximate surface area is 84.3 Å². The number of hydrogen-bond acceptors (Lipinski definition) is 3. The summed E-state index contributed by atoms with van der Waals surface area (Å²) in [6.45, 7) is 0.872. The molecule has 1 fully saturated rings. The summed E-state index contributed by atoms with van der Waals surface area (Å²) in [7, 11) is 0. The molecule has 4 N–H and O–H groups in total. The van der Waals surface area contributed by atoms with E-state index < -0.39 is 0 Å². The first-order valence-electron chi connectivity index (χ1n) is 5.31. The van der Waals surface area contributed by atoms with Crippen molar-refractivity contribution in [1.29, 1.82) is 0 Å². The molecule has 0 amide bonds. The first-order valence-corrected chi connectivity index (χ1v) is 5.31. The highest BCUT2D eigenvalue weighted by Gasteiger charge is 2.18. The van der Waals surface area contributed by atoms with Gasteiger partial charge in [0.15, 0.2) is 0 Å². The van der Waals surface area contributed by atoms with Crippen LogP contribution in [0.25, 0.3) is 0 Å². The molecule has 4 heteroatoms. The van der Waals surface area contributed by atoms with Crippen molar-refractivity contribution in [2.45, 2.75) is 44.3 Å². The van der Waals surface area contributed by atoms with Crippen LogP contribution in [-0.4, -0.2) is 22.1 Å². The highest BCUT2D eigenvalue weighted by molar-refractivity contribution is 4.94. The summed E-state index contributed by atoms with van der Waals surface area (Å²) in [5.41, 5.74) is 7.06. The van der Waals surface area contributed by atoms with Gasteiger partial charge in [-0.15, -0.1) is 0 Å². The second kappa shape index (κ2) is 4.57. The fraction of sp³-hybridized carbons (Fsp3) is 0.700. The minimum Gasteiger partial charge on any atom is -0.347 e. The summed E-state index contributed by atoms with van der Waals surface area (Å²) in [4.78, 5) is 7.06. The third-order valence-corrected chi connectivity index (χ3v) is 2.85. The first-order chi connectivity index (χ1) is 6.84. The van der Waals surface area contributed by atoms with E-state index in [1.165, 1.54) is 19.3 Å². The number of imidazole rings is 1. The molecule has 0 bridgehead atoms. The van der Waals surface area contributed by atoms with Crippen LogP contribution in [0.4, 0.5) is 0 Å². The first kappa shape index (κ1) is 9.68. The predicted molar refractivity (Wildman–Crippen MR) is 55.7 cm³/mol. The molecule has 1 aromatic heterocycles. The molecule has 0 aromatic carbocycles. The van der Waals surface area contributed by atoms with Crippen molar-refractivity contribution in [3.05, 3.63) is 18.2 Å². The molecular weight excluding hydrogens is 176 g/mol. The summed E-state index contributed by atoms with van der Waals surface area (Å²) >= 11 is 0. The zero-order chi connectivity index (χ0) is 9.80. The summed E-state index contributed by atoms with van der Waals surface area (Å²) in [6.07, 6.45) is 8.36. The number of H-pyrrole nitrogens is 1. The van der Waals surface area contributed by atoms with E-state index in [1.807, 2.05) is 6.20 Å². The highest BCUT2D eigenvalue weighted by Crippen LogP contribution is 2.16. The maximum atomic E-state index is 5.91. The van der Waals surface area contributed by atoms with E-state index in [4.69, 9.17) is 5.73 Å². The van der Waals surface area contributed by atoms with Gasteiger partial charge >= 0.3 is 0 Å². The Morgan fingerprint density at radius 3 is 3.21 bits per heavy atom. The standard InChI is InChI=1S/C10H18N4/c11-8-2-1-3-9(4-8)13-6-10-5-12-7-14-10/h5,7-9,13H,1-4,6,11H2,(H,12,14). The Kier molecular flexibility index (Phi) is 3.16. The van der Waals surface area contributed by atoms with Crippen LogP contribution in [0.3, 0.4) is 0 Å². The van der Waals surface area contributed by atoms with Crippen LogP contribution in [0.1, 0.15) is 31.4 Å². The molecule has 0 aliphatic heterocycles. The van der Waals surface area contributed by atoms with Gasteiger partial charge in [0.25, 0.3) is 0 Å². The Morgan fingerprint density at radius 1 is 1.57 bits per heavy atom. The van der Waals surface area contributed by atoms with Gasteiger partial charge in [0.2, 0.25) is 0 Å². The molecule has 2 unspecified atom stereocenters. The maximum Gasteiger partial charge on any atom is 0.0922 e. The van der Waals surface area contributed by atoms with Crippen molar-refractivity contribution in [3.8, 4) is 0 Å². The zero-order valence-corrected chi connectivity index (χ0v) is 8.37. The number of aromatic amines is 1. The second-order valence-electron chi connectivity index (χ2n) is 4.08. The minimum atomic E-state index is 0.392. The molecule has 4 nitrogen and oxygen atoms in total. The third kappa shape index (κ3) is 2.56. The van der Waals surface area contributed by atoms with Gasteiger partial charge < -0.3 is 16.0 Å². The summed E-state index contributed by atoms with van der Waals surface area (Å²) < 4.78 is 0. The number of rotatable bonds is 3. The van der Waals surface area contributed by atoms with Crippen molar-refractivity contribution < 1.29 is 0 Å². The van der Waals surface area contributed by atoms with E-state index in [0.29, 0.717) is 12.1 Å². The number of nitrogens with one attached hydrogen (secondary N) is 2. The monoisotopic (exact) mass is 194 g/mol. The number of nitrogens with two attached hydrogens (primary N) is 1. The quantitative estimate of drug-likeness (QED) is 0.666. The highest BCUT2D eigenvalue weighted by atomic mass is 15.0. The van der Waals surface area contributed by atoms with Gasteiger partial charge in [0.05, 0.1) is 6.33 Å². The van der Waals surface area contributed by atoms with Gasteiger partial charge in [-0.25, -0.2) is 4.98 Å². The molecule has 1 heterocycles. The fourth-order valence-corrected chi connectivity index (χ4v) is 2.05. The van der Waals surface area contributed by atoms with Gasteiger partial charge in [-0.3, -0.25) is 0 Å². The van der Waals surface area contributed by atoms with Gasteiger partial charge in [-0.1, -0.05) is 6.42 Å². The normalized spacial score (nSPS) is 27.8. The van der Waals surface area contributed by atoms with Crippen molar-refractivity contribution in [3.63, 3.8) is 0 Å². The van der Waals surface area contributed by atoms with Crippen LogP contribution in [0.2, 0.25) is 0 Å². The summed E-state index contributed by atoms with van der Waals surface area (Å²) in [5.74, 6) is 0. The molecule has 1 aliphatic rings. The van der Waals surface area contributed by atoms with Crippen LogP contribution in [0.5, 0.6) is 0 Å². The summed E-state index contributed by atoms with van der Waals surface area (Å²) in [5, 5.41) is 3.50. The Hall–Kier alpha value is -0.870. The molecule has 2 rings (SSSR count). The Bertz CT molecular complexity index is 257. The molecule has 78 valence electrons. The van der Waals surface area contributed by atoms with Gasteiger partial charge in [0, 0.05) is 30.5 Å². The lowest BCUT2D eigenvalue weighted by Gasteiger charge is -2.27. The van der Waals surface area contributed by atoms with E-state index in [-0.39, 0.29) is 0 Å². The van der Waals surface area contributed by atoms with Crippen LogP contribution < -0.4 is 11.1 Å². The van der Waals surface area contributed by atoms with E-state index in [9.17, 15) is 0 Å². The number of aromatic nitrogens is 2. The molecule has 1 saturated carbocycles. The van der Waals surface area contributed by atoms with E-state index in [0.717, 1.165) is 18.7 Å². The van der Waals surface area contributed by atoms with Crippen LogP contribution in [0.15, 0.2) is 12.5 Å². The topological polar surface area (TPSA) is 66.7 Å².